The number of benzene rings is 1. The third-order valence-corrected chi connectivity index (χ3v) is 4.55. The average Bonchev–Trinajstić information content (AvgIpc) is 2.62. The predicted octanol–water partition coefficient (Wildman–Crippen LogP) is 4.15. The molecule has 0 radical (unpaired) electrons. The van der Waals surface area contributed by atoms with E-state index < -0.39 is 0 Å². The first kappa shape index (κ1) is 16.7. The van der Waals surface area contributed by atoms with E-state index in [-0.39, 0.29) is 5.91 Å². The molecular formula is C18H21ClN4O. The number of amides is 1. The zero-order valence-electron chi connectivity index (χ0n) is 13.7. The number of hydrogen-bond acceptors (Lipinski definition) is 4. The summed E-state index contributed by atoms with van der Waals surface area (Å²) in [7, 11) is 0. The van der Waals surface area contributed by atoms with Gasteiger partial charge in [0.2, 0.25) is 5.95 Å². The van der Waals surface area contributed by atoms with E-state index in [2.05, 4.69) is 27.1 Å². The van der Waals surface area contributed by atoms with Gasteiger partial charge in [-0.05, 0) is 49.9 Å². The van der Waals surface area contributed by atoms with E-state index in [1.165, 1.54) is 6.42 Å². The van der Waals surface area contributed by atoms with E-state index in [4.69, 9.17) is 11.6 Å². The maximum absolute atomic E-state index is 12.4. The maximum Gasteiger partial charge on any atom is 0.274 e. The molecule has 1 atom stereocenters. The summed E-state index contributed by atoms with van der Waals surface area (Å²) in [6, 6.07) is 9.14. The Labute approximate surface area is 147 Å². The van der Waals surface area contributed by atoms with Gasteiger partial charge in [0.15, 0.2) is 0 Å². The maximum atomic E-state index is 12.4. The molecule has 0 bridgehead atoms. The number of nitrogens with one attached hydrogen (secondary N) is 1. The molecule has 6 heteroatoms. The number of rotatable bonds is 4. The van der Waals surface area contributed by atoms with E-state index in [1.54, 1.807) is 36.5 Å². The lowest BCUT2D eigenvalue weighted by molar-refractivity contribution is 0.102. The van der Waals surface area contributed by atoms with Crippen LogP contribution in [-0.2, 0) is 0 Å². The van der Waals surface area contributed by atoms with Gasteiger partial charge in [-0.1, -0.05) is 24.6 Å². The minimum Gasteiger partial charge on any atom is -0.338 e. The normalized spacial score (nSPS) is 17.6. The van der Waals surface area contributed by atoms with Crippen molar-refractivity contribution < 1.29 is 4.79 Å². The number of carbonyl (C=O) groups excluding carboxylic acids is 1. The first-order valence-electron chi connectivity index (χ1n) is 8.34. The summed E-state index contributed by atoms with van der Waals surface area (Å²) in [5, 5.41) is 3.40. The molecule has 126 valence electrons. The highest BCUT2D eigenvalue weighted by Crippen LogP contribution is 2.24. The number of piperidine rings is 1. The van der Waals surface area contributed by atoms with Crippen molar-refractivity contribution in [2.75, 3.05) is 16.8 Å². The lowest BCUT2D eigenvalue weighted by Crippen LogP contribution is -2.40. The Bertz CT molecular complexity index is 722. The van der Waals surface area contributed by atoms with Crippen LogP contribution in [0.15, 0.2) is 36.5 Å². The van der Waals surface area contributed by atoms with Crippen molar-refractivity contribution >= 4 is 29.1 Å². The van der Waals surface area contributed by atoms with E-state index >= 15 is 0 Å². The molecule has 1 aromatic carbocycles. The molecule has 1 amide bonds. The minimum absolute atomic E-state index is 0.258. The first-order chi connectivity index (χ1) is 11.7. The van der Waals surface area contributed by atoms with Gasteiger partial charge in [0.25, 0.3) is 5.91 Å². The minimum atomic E-state index is -0.258. The fourth-order valence-corrected chi connectivity index (χ4v) is 3.25. The highest BCUT2D eigenvalue weighted by atomic mass is 35.5. The molecule has 3 rings (SSSR count). The summed E-state index contributed by atoms with van der Waals surface area (Å²) in [4.78, 5) is 23.5. The third-order valence-electron chi connectivity index (χ3n) is 4.31. The highest BCUT2D eigenvalue weighted by molar-refractivity contribution is 6.30. The summed E-state index contributed by atoms with van der Waals surface area (Å²) in [5.41, 5.74) is 1.01. The zero-order chi connectivity index (χ0) is 16.9. The lowest BCUT2D eigenvalue weighted by Gasteiger charge is -2.35. The summed E-state index contributed by atoms with van der Waals surface area (Å²) < 4.78 is 0. The predicted molar refractivity (Wildman–Crippen MR) is 96.7 cm³/mol. The molecule has 24 heavy (non-hydrogen) atoms. The second-order valence-electron chi connectivity index (χ2n) is 5.96. The molecule has 5 nitrogen and oxygen atoms in total. The van der Waals surface area contributed by atoms with Crippen molar-refractivity contribution in [1.82, 2.24) is 9.97 Å². The number of carbonyl (C=O) groups is 1. The summed E-state index contributed by atoms with van der Waals surface area (Å²) in [5.74, 6) is 0.381. The molecule has 1 aliphatic rings. The number of halogens is 1. The van der Waals surface area contributed by atoms with Crippen molar-refractivity contribution in [3.63, 3.8) is 0 Å². The van der Waals surface area contributed by atoms with Crippen LogP contribution in [0, 0.1) is 0 Å². The zero-order valence-corrected chi connectivity index (χ0v) is 14.5. The van der Waals surface area contributed by atoms with Gasteiger partial charge in [-0.25, -0.2) is 9.97 Å². The first-order valence-corrected chi connectivity index (χ1v) is 8.72. The van der Waals surface area contributed by atoms with Gasteiger partial charge in [0.1, 0.15) is 5.69 Å². The summed E-state index contributed by atoms with van der Waals surface area (Å²) in [6.07, 6.45) is 6.24. The third kappa shape index (κ3) is 3.85. The van der Waals surface area contributed by atoms with Gasteiger partial charge in [0, 0.05) is 29.5 Å². The molecule has 0 spiro atoms. The Balaban J connectivity index is 1.78. The van der Waals surface area contributed by atoms with Crippen molar-refractivity contribution in [3.05, 3.63) is 47.2 Å². The highest BCUT2D eigenvalue weighted by Gasteiger charge is 2.23. The van der Waals surface area contributed by atoms with Crippen LogP contribution in [0.4, 0.5) is 11.6 Å². The van der Waals surface area contributed by atoms with Gasteiger partial charge in [-0.2, -0.15) is 0 Å². The van der Waals surface area contributed by atoms with Gasteiger partial charge >= 0.3 is 0 Å². The fourth-order valence-electron chi connectivity index (χ4n) is 3.06. The Hall–Kier alpha value is -2.14. The second kappa shape index (κ2) is 7.62. The van der Waals surface area contributed by atoms with Crippen LogP contribution < -0.4 is 10.2 Å². The molecule has 2 aromatic rings. The van der Waals surface area contributed by atoms with Gasteiger partial charge < -0.3 is 10.2 Å². The molecular weight excluding hydrogens is 324 g/mol. The molecule has 1 saturated heterocycles. The summed E-state index contributed by atoms with van der Waals surface area (Å²) >= 11 is 5.95. The Morgan fingerprint density at radius 1 is 1.38 bits per heavy atom. The molecule has 1 N–H and O–H groups in total. The van der Waals surface area contributed by atoms with Crippen LogP contribution in [-0.4, -0.2) is 28.5 Å². The fraction of sp³-hybridized carbons (Fsp3) is 0.389. The second-order valence-corrected chi connectivity index (χ2v) is 6.39. The quantitative estimate of drug-likeness (QED) is 0.905. The van der Waals surface area contributed by atoms with Crippen molar-refractivity contribution in [2.45, 2.75) is 38.6 Å². The van der Waals surface area contributed by atoms with E-state index in [9.17, 15) is 4.79 Å². The van der Waals surface area contributed by atoms with Crippen molar-refractivity contribution in [1.29, 1.82) is 0 Å². The molecule has 0 aliphatic carbocycles. The van der Waals surface area contributed by atoms with Crippen molar-refractivity contribution in [2.24, 2.45) is 0 Å². The van der Waals surface area contributed by atoms with Gasteiger partial charge in [0.05, 0.1) is 0 Å². The number of hydrogen-bond donors (Lipinski definition) is 1. The molecule has 2 heterocycles. The molecule has 1 unspecified atom stereocenters. The van der Waals surface area contributed by atoms with Crippen LogP contribution in [0.5, 0.6) is 0 Å². The molecule has 0 saturated carbocycles. The molecule has 1 aromatic heterocycles. The van der Waals surface area contributed by atoms with Crippen LogP contribution in [0.1, 0.15) is 43.1 Å². The molecule has 1 aliphatic heterocycles. The number of nitrogens with zero attached hydrogens (tertiary/aromatic N) is 3. The number of anilines is 2. The SMILES string of the molecule is CCC1CCCCN1c1nccc(C(=O)Nc2cccc(Cl)c2)n1. The standard InChI is InChI=1S/C18H21ClN4O/c1-2-15-8-3-4-11-23(15)18-20-10-9-16(22-18)17(24)21-14-7-5-6-13(19)12-14/h5-7,9-10,12,15H,2-4,8,11H2,1H3,(H,21,24). The van der Waals surface area contributed by atoms with E-state index in [0.717, 1.165) is 25.8 Å². The van der Waals surface area contributed by atoms with E-state index in [1.807, 2.05) is 0 Å². The van der Waals surface area contributed by atoms with Crippen LogP contribution in [0.3, 0.4) is 0 Å². The summed E-state index contributed by atoms with van der Waals surface area (Å²) in [6.45, 7) is 3.12. The van der Waals surface area contributed by atoms with Crippen molar-refractivity contribution in [3.8, 4) is 0 Å². The molecule has 1 fully saturated rings. The Kier molecular flexibility index (Phi) is 5.30. The Morgan fingerprint density at radius 3 is 3.04 bits per heavy atom. The van der Waals surface area contributed by atoms with Crippen LogP contribution in [0.25, 0.3) is 0 Å². The van der Waals surface area contributed by atoms with Gasteiger partial charge in [-0.3, -0.25) is 4.79 Å². The number of aromatic nitrogens is 2. The van der Waals surface area contributed by atoms with Crippen LogP contribution >= 0.6 is 11.6 Å². The monoisotopic (exact) mass is 344 g/mol. The van der Waals surface area contributed by atoms with E-state index in [0.29, 0.717) is 28.4 Å². The average molecular weight is 345 g/mol. The van der Waals surface area contributed by atoms with Crippen LogP contribution in [0.2, 0.25) is 5.02 Å². The lowest BCUT2D eigenvalue weighted by atomic mass is 10.0. The smallest absolute Gasteiger partial charge is 0.274 e. The largest absolute Gasteiger partial charge is 0.338 e. The topological polar surface area (TPSA) is 58.1 Å². The Morgan fingerprint density at radius 2 is 2.25 bits per heavy atom. The van der Waals surface area contributed by atoms with Gasteiger partial charge in [-0.15, -0.1) is 0 Å².